The Balaban J connectivity index is 2.26. The number of sulfonamides is 1. The number of amides is 2. The van der Waals surface area contributed by atoms with E-state index in [-0.39, 0.29) is 54.5 Å². The zero-order valence-electron chi connectivity index (χ0n) is 20.4. The van der Waals surface area contributed by atoms with E-state index in [0.717, 1.165) is 10.6 Å². The number of halogens is 4. The second kappa shape index (κ2) is 13.2. The van der Waals surface area contributed by atoms with Crippen LogP contribution in [0.4, 0.5) is 5.69 Å². The van der Waals surface area contributed by atoms with Gasteiger partial charge in [0.05, 0.1) is 17.0 Å². The van der Waals surface area contributed by atoms with Crippen molar-refractivity contribution in [2.45, 2.75) is 52.2 Å². The van der Waals surface area contributed by atoms with E-state index in [4.69, 9.17) is 46.4 Å². The molecule has 0 aliphatic rings. The minimum atomic E-state index is -3.71. The van der Waals surface area contributed by atoms with Crippen LogP contribution in [-0.4, -0.2) is 50.0 Å². The SMILES string of the molecule is CC(C)NC(=O)[C@H](C)N(Cc1c(Cl)cccc1Cl)C(=O)CCCN(c1cc(Cl)ccc1Cl)S(C)(=O)=O. The van der Waals surface area contributed by atoms with E-state index in [1.165, 1.54) is 17.0 Å². The van der Waals surface area contributed by atoms with Crippen molar-refractivity contribution in [3.05, 3.63) is 62.1 Å². The summed E-state index contributed by atoms with van der Waals surface area (Å²) in [4.78, 5) is 27.5. The second-order valence-electron chi connectivity index (χ2n) is 8.60. The maximum Gasteiger partial charge on any atom is 0.242 e. The number of carbonyl (C=O) groups is 2. The molecule has 0 saturated heterocycles. The summed E-state index contributed by atoms with van der Waals surface area (Å²) in [6.45, 7) is 5.26. The van der Waals surface area contributed by atoms with Gasteiger partial charge < -0.3 is 10.2 Å². The van der Waals surface area contributed by atoms with Gasteiger partial charge >= 0.3 is 0 Å². The summed E-state index contributed by atoms with van der Waals surface area (Å²) in [5.41, 5.74) is 0.741. The van der Waals surface area contributed by atoms with Crippen molar-refractivity contribution < 1.29 is 18.0 Å². The predicted molar refractivity (Wildman–Crippen MR) is 148 cm³/mol. The van der Waals surface area contributed by atoms with E-state index < -0.39 is 16.1 Å². The first-order valence-corrected chi connectivity index (χ1v) is 14.5. The van der Waals surface area contributed by atoms with Crippen LogP contribution in [0.15, 0.2) is 36.4 Å². The molecular formula is C24H29Cl4N3O4S. The van der Waals surface area contributed by atoms with Gasteiger partial charge in [-0.2, -0.15) is 0 Å². The minimum Gasteiger partial charge on any atom is -0.352 e. The quantitative estimate of drug-likeness (QED) is 0.356. The fourth-order valence-corrected chi connectivity index (χ4v) is 5.42. The van der Waals surface area contributed by atoms with E-state index >= 15 is 0 Å². The monoisotopic (exact) mass is 595 g/mol. The highest BCUT2D eigenvalue weighted by molar-refractivity contribution is 7.92. The molecule has 7 nitrogen and oxygen atoms in total. The van der Waals surface area contributed by atoms with Crippen LogP contribution < -0.4 is 9.62 Å². The Morgan fingerprint density at radius 2 is 1.58 bits per heavy atom. The Bertz CT molecular complexity index is 1190. The molecule has 0 spiro atoms. The van der Waals surface area contributed by atoms with Crippen LogP contribution in [0.1, 0.15) is 39.2 Å². The summed E-state index contributed by atoms with van der Waals surface area (Å²) in [5.74, 6) is -0.687. The number of anilines is 1. The standard InChI is InChI=1S/C24H29Cl4N3O4S/c1-15(2)29-24(33)16(3)30(14-18-19(26)7-5-8-20(18)27)23(32)9-6-12-31(36(4,34)35)22-13-17(25)10-11-21(22)28/h5,7-8,10-11,13,15-16H,6,9,12,14H2,1-4H3,(H,29,33)/t16-/m0/s1. The van der Waals surface area contributed by atoms with Crippen LogP contribution in [0.2, 0.25) is 20.1 Å². The molecule has 2 amide bonds. The van der Waals surface area contributed by atoms with Gasteiger partial charge in [-0.05, 0) is 57.5 Å². The maximum atomic E-state index is 13.3. The van der Waals surface area contributed by atoms with E-state index in [1.807, 2.05) is 13.8 Å². The van der Waals surface area contributed by atoms with Gasteiger partial charge in [0.1, 0.15) is 6.04 Å². The summed E-state index contributed by atoms with van der Waals surface area (Å²) in [6.07, 6.45) is 1.18. The molecule has 2 aromatic rings. The number of nitrogens with zero attached hydrogens (tertiary/aromatic N) is 2. The van der Waals surface area contributed by atoms with Crippen LogP contribution in [0.25, 0.3) is 0 Å². The smallest absolute Gasteiger partial charge is 0.242 e. The van der Waals surface area contributed by atoms with Crippen LogP contribution in [0.5, 0.6) is 0 Å². The predicted octanol–water partition coefficient (Wildman–Crippen LogP) is 5.79. The number of carbonyl (C=O) groups excluding carboxylic acids is 2. The van der Waals surface area contributed by atoms with Gasteiger partial charge in [0.25, 0.3) is 0 Å². The first-order chi connectivity index (χ1) is 16.7. The van der Waals surface area contributed by atoms with Crippen molar-refractivity contribution in [2.24, 2.45) is 0 Å². The lowest BCUT2D eigenvalue weighted by atomic mass is 10.1. The van der Waals surface area contributed by atoms with E-state index in [9.17, 15) is 18.0 Å². The molecule has 0 fully saturated rings. The third-order valence-electron chi connectivity index (χ3n) is 5.32. The number of hydrogen-bond acceptors (Lipinski definition) is 4. The first kappa shape index (κ1) is 30.5. The molecule has 0 aromatic heterocycles. The summed E-state index contributed by atoms with van der Waals surface area (Å²) in [6, 6.07) is 8.58. The average molecular weight is 597 g/mol. The minimum absolute atomic E-state index is 0.0138. The number of nitrogens with one attached hydrogen (secondary N) is 1. The molecule has 0 heterocycles. The molecule has 0 bridgehead atoms. The van der Waals surface area contributed by atoms with Crippen molar-refractivity contribution in [3.8, 4) is 0 Å². The average Bonchev–Trinajstić information content (AvgIpc) is 2.76. The molecule has 0 aliphatic heterocycles. The number of hydrogen-bond donors (Lipinski definition) is 1. The molecule has 0 unspecified atom stereocenters. The molecule has 1 atom stereocenters. The van der Waals surface area contributed by atoms with Gasteiger partial charge in [-0.1, -0.05) is 52.5 Å². The lowest BCUT2D eigenvalue weighted by Crippen LogP contribution is -2.49. The second-order valence-corrected chi connectivity index (χ2v) is 12.2. The molecule has 198 valence electrons. The molecule has 0 aliphatic carbocycles. The van der Waals surface area contributed by atoms with Gasteiger partial charge in [0.2, 0.25) is 21.8 Å². The summed E-state index contributed by atoms with van der Waals surface area (Å²) >= 11 is 24.9. The molecule has 0 radical (unpaired) electrons. The maximum absolute atomic E-state index is 13.3. The normalized spacial score (nSPS) is 12.4. The lowest BCUT2D eigenvalue weighted by Gasteiger charge is -2.30. The molecular weight excluding hydrogens is 568 g/mol. The van der Waals surface area contributed by atoms with Crippen LogP contribution in [0.3, 0.4) is 0 Å². The topological polar surface area (TPSA) is 86.8 Å². The van der Waals surface area contributed by atoms with Crippen molar-refractivity contribution in [2.75, 3.05) is 17.1 Å². The first-order valence-electron chi connectivity index (χ1n) is 11.2. The van der Waals surface area contributed by atoms with Crippen LogP contribution in [-0.2, 0) is 26.2 Å². The Morgan fingerprint density at radius 1 is 0.972 bits per heavy atom. The fourth-order valence-electron chi connectivity index (χ4n) is 3.50. The fraction of sp³-hybridized carbons (Fsp3) is 0.417. The Labute approximate surface area is 232 Å². The molecule has 2 rings (SSSR count). The Morgan fingerprint density at radius 3 is 2.14 bits per heavy atom. The van der Waals surface area contributed by atoms with E-state index in [2.05, 4.69) is 5.32 Å². The van der Waals surface area contributed by atoms with Crippen molar-refractivity contribution in [1.82, 2.24) is 10.2 Å². The third-order valence-corrected chi connectivity index (χ3v) is 7.76. The van der Waals surface area contributed by atoms with Crippen molar-refractivity contribution in [1.29, 1.82) is 0 Å². The molecule has 36 heavy (non-hydrogen) atoms. The highest BCUT2D eigenvalue weighted by atomic mass is 35.5. The molecule has 12 heteroatoms. The highest BCUT2D eigenvalue weighted by Crippen LogP contribution is 2.31. The third kappa shape index (κ3) is 8.42. The van der Waals surface area contributed by atoms with E-state index in [0.29, 0.717) is 20.6 Å². The van der Waals surface area contributed by atoms with Crippen molar-refractivity contribution in [3.63, 3.8) is 0 Å². The number of rotatable bonds is 11. The lowest BCUT2D eigenvalue weighted by molar-refractivity contribution is -0.140. The zero-order valence-corrected chi connectivity index (χ0v) is 24.2. The Hall–Kier alpha value is -1.71. The zero-order chi connectivity index (χ0) is 27.2. The van der Waals surface area contributed by atoms with Gasteiger partial charge in [-0.25, -0.2) is 8.42 Å². The summed E-state index contributed by atoms with van der Waals surface area (Å²) < 4.78 is 26.0. The van der Waals surface area contributed by atoms with Gasteiger partial charge in [0.15, 0.2) is 0 Å². The van der Waals surface area contributed by atoms with E-state index in [1.54, 1.807) is 31.2 Å². The molecule has 0 saturated carbocycles. The van der Waals surface area contributed by atoms with Gasteiger partial charge in [0, 0.05) is 46.2 Å². The van der Waals surface area contributed by atoms with Gasteiger partial charge in [-0.3, -0.25) is 13.9 Å². The van der Waals surface area contributed by atoms with Crippen molar-refractivity contribution >= 4 is 73.9 Å². The summed E-state index contributed by atoms with van der Waals surface area (Å²) in [7, 11) is -3.71. The summed E-state index contributed by atoms with van der Waals surface area (Å²) in [5, 5.41) is 4.09. The highest BCUT2D eigenvalue weighted by Gasteiger charge is 2.28. The van der Waals surface area contributed by atoms with Crippen LogP contribution in [0, 0.1) is 0 Å². The Kier molecular flexibility index (Phi) is 11.2. The molecule has 2 aromatic carbocycles. The number of benzene rings is 2. The van der Waals surface area contributed by atoms with Gasteiger partial charge in [-0.15, -0.1) is 0 Å². The van der Waals surface area contributed by atoms with Crippen LogP contribution >= 0.6 is 46.4 Å². The largest absolute Gasteiger partial charge is 0.352 e. The molecule has 1 N–H and O–H groups in total.